The van der Waals surface area contributed by atoms with E-state index >= 15 is 0 Å². The van der Waals surface area contributed by atoms with Crippen molar-refractivity contribution in [3.63, 3.8) is 0 Å². The van der Waals surface area contributed by atoms with Crippen LogP contribution in [0.2, 0.25) is 0 Å². The molecule has 0 bridgehead atoms. The number of hydrogen-bond acceptors (Lipinski definition) is 2. The van der Waals surface area contributed by atoms with E-state index in [0.717, 1.165) is 18.2 Å². The summed E-state index contributed by atoms with van der Waals surface area (Å²) in [6, 6.07) is 2.16. The molecule has 21 heavy (non-hydrogen) atoms. The van der Waals surface area contributed by atoms with Crippen LogP contribution < -0.4 is 5.32 Å². The summed E-state index contributed by atoms with van der Waals surface area (Å²) in [5.41, 5.74) is 0.809. The second-order valence-corrected chi connectivity index (χ2v) is 6.94. The van der Waals surface area contributed by atoms with Crippen LogP contribution in [0.4, 0.5) is 8.78 Å². The lowest BCUT2D eigenvalue weighted by atomic mass is 9.84. The second kappa shape index (κ2) is 5.76. The molecule has 2 rings (SSSR count). The molecule has 0 spiro atoms. The third-order valence-electron chi connectivity index (χ3n) is 3.37. The first-order chi connectivity index (χ1) is 9.70. The average molecular weight is 295 g/mol. The number of halogens is 2. The van der Waals surface area contributed by atoms with E-state index in [1.54, 1.807) is 0 Å². The fourth-order valence-electron chi connectivity index (χ4n) is 2.59. The van der Waals surface area contributed by atoms with E-state index in [4.69, 9.17) is 4.42 Å². The Kier molecular flexibility index (Phi) is 4.38. The van der Waals surface area contributed by atoms with Crippen molar-refractivity contribution in [2.45, 2.75) is 46.6 Å². The highest BCUT2D eigenvalue weighted by atomic mass is 19.1. The summed E-state index contributed by atoms with van der Waals surface area (Å²) in [4.78, 5) is 0. The molecule has 2 nitrogen and oxygen atoms in total. The number of hydrogen-bond donors (Lipinski definition) is 1. The molecule has 1 N–H and O–H groups in total. The normalized spacial score (nSPS) is 12.6. The number of benzene rings is 1. The average Bonchev–Trinajstić information content (AvgIpc) is 2.66. The maximum absolute atomic E-state index is 14.2. The van der Waals surface area contributed by atoms with E-state index in [1.165, 1.54) is 6.07 Å². The van der Waals surface area contributed by atoms with Gasteiger partial charge < -0.3 is 9.73 Å². The summed E-state index contributed by atoms with van der Waals surface area (Å²) in [5, 5.41) is 3.69. The smallest absolute Gasteiger partial charge is 0.140 e. The van der Waals surface area contributed by atoms with Crippen LogP contribution in [0.15, 0.2) is 16.5 Å². The molecule has 0 amide bonds. The molecular weight excluding hydrogens is 272 g/mol. The SMILES string of the molecule is CC(C)CNCc1oc2cc(F)cc(F)c2c1C(C)(C)C. The number of furan rings is 1. The van der Waals surface area contributed by atoms with Crippen LogP contribution in [0, 0.1) is 17.6 Å². The third-order valence-corrected chi connectivity index (χ3v) is 3.37. The van der Waals surface area contributed by atoms with Crippen LogP contribution in [0.3, 0.4) is 0 Å². The van der Waals surface area contributed by atoms with Crippen molar-refractivity contribution in [2.24, 2.45) is 5.92 Å². The monoisotopic (exact) mass is 295 g/mol. The lowest BCUT2D eigenvalue weighted by Crippen LogP contribution is -2.21. The highest BCUT2D eigenvalue weighted by molar-refractivity contribution is 5.84. The van der Waals surface area contributed by atoms with Crippen molar-refractivity contribution >= 4 is 11.0 Å². The van der Waals surface area contributed by atoms with Crippen LogP contribution in [0.5, 0.6) is 0 Å². The van der Waals surface area contributed by atoms with Gasteiger partial charge in [0.15, 0.2) is 0 Å². The van der Waals surface area contributed by atoms with Crippen molar-refractivity contribution in [1.82, 2.24) is 5.32 Å². The van der Waals surface area contributed by atoms with Gasteiger partial charge >= 0.3 is 0 Å². The van der Waals surface area contributed by atoms with Crippen LogP contribution in [-0.2, 0) is 12.0 Å². The largest absolute Gasteiger partial charge is 0.459 e. The van der Waals surface area contributed by atoms with Gasteiger partial charge in [-0.25, -0.2) is 8.78 Å². The molecule has 0 saturated heterocycles. The van der Waals surface area contributed by atoms with E-state index in [1.807, 2.05) is 20.8 Å². The first-order valence-electron chi connectivity index (χ1n) is 7.31. The molecule has 4 heteroatoms. The molecule has 0 radical (unpaired) electrons. The van der Waals surface area contributed by atoms with Crippen LogP contribution in [0.25, 0.3) is 11.0 Å². The summed E-state index contributed by atoms with van der Waals surface area (Å²) >= 11 is 0. The van der Waals surface area contributed by atoms with Gasteiger partial charge in [-0.05, 0) is 17.9 Å². The predicted octanol–water partition coefficient (Wildman–Crippen LogP) is 4.75. The molecule has 0 fully saturated rings. The summed E-state index contributed by atoms with van der Waals surface area (Å²) in [5.74, 6) is 0.0222. The third kappa shape index (κ3) is 3.43. The van der Waals surface area contributed by atoms with Crippen molar-refractivity contribution in [3.05, 3.63) is 35.1 Å². The fourth-order valence-corrected chi connectivity index (χ4v) is 2.59. The van der Waals surface area contributed by atoms with Crippen molar-refractivity contribution in [1.29, 1.82) is 0 Å². The van der Waals surface area contributed by atoms with Crippen LogP contribution >= 0.6 is 0 Å². The van der Waals surface area contributed by atoms with E-state index in [9.17, 15) is 8.78 Å². The zero-order chi connectivity index (χ0) is 15.8. The highest BCUT2D eigenvalue weighted by Gasteiger charge is 2.27. The van der Waals surface area contributed by atoms with E-state index < -0.39 is 11.6 Å². The van der Waals surface area contributed by atoms with Gasteiger partial charge in [0.2, 0.25) is 0 Å². The predicted molar refractivity (Wildman–Crippen MR) is 81.4 cm³/mol. The molecular formula is C17H23F2NO. The Labute approximate surface area is 124 Å². The molecule has 0 unspecified atom stereocenters. The van der Waals surface area contributed by atoms with Gasteiger partial charge in [-0.15, -0.1) is 0 Å². The molecule has 0 aliphatic rings. The minimum Gasteiger partial charge on any atom is -0.459 e. The highest BCUT2D eigenvalue weighted by Crippen LogP contribution is 2.37. The minimum atomic E-state index is -0.615. The lowest BCUT2D eigenvalue weighted by Gasteiger charge is -2.20. The Bertz CT molecular complexity index is 638. The molecule has 2 aromatic rings. The van der Waals surface area contributed by atoms with Crippen LogP contribution in [0.1, 0.15) is 45.9 Å². The van der Waals surface area contributed by atoms with E-state index in [2.05, 4.69) is 19.2 Å². The standard InChI is InChI=1S/C17H23F2NO/c1-10(2)8-20-9-14-16(17(3,4)5)15-12(19)6-11(18)7-13(15)21-14/h6-7,10,20H,8-9H2,1-5H3. The van der Waals surface area contributed by atoms with Gasteiger partial charge in [0.05, 0.1) is 11.9 Å². The molecule has 0 saturated carbocycles. The van der Waals surface area contributed by atoms with Gasteiger partial charge in [-0.3, -0.25) is 0 Å². The molecule has 0 aliphatic heterocycles. The van der Waals surface area contributed by atoms with Gasteiger partial charge in [0.1, 0.15) is 23.0 Å². The summed E-state index contributed by atoms with van der Waals surface area (Å²) in [7, 11) is 0. The Morgan fingerprint density at radius 1 is 1.19 bits per heavy atom. The number of nitrogens with one attached hydrogen (secondary N) is 1. The van der Waals surface area contributed by atoms with Crippen LogP contribution in [-0.4, -0.2) is 6.54 Å². The van der Waals surface area contributed by atoms with Gasteiger partial charge in [0, 0.05) is 17.7 Å². The molecule has 116 valence electrons. The Balaban J connectivity index is 2.51. The fraction of sp³-hybridized carbons (Fsp3) is 0.529. The maximum atomic E-state index is 14.2. The minimum absolute atomic E-state index is 0.277. The summed E-state index contributed by atoms with van der Waals surface area (Å²) in [6.45, 7) is 11.6. The molecule has 1 heterocycles. The summed E-state index contributed by atoms with van der Waals surface area (Å²) in [6.07, 6.45) is 0. The first kappa shape index (κ1) is 16.0. The number of rotatable bonds is 4. The lowest BCUT2D eigenvalue weighted by molar-refractivity contribution is 0.464. The van der Waals surface area contributed by atoms with Gasteiger partial charge in [-0.2, -0.15) is 0 Å². The zero-order valence-corrected chi connectivity index (χ0v) is 13.3. The maximum Gasteiger partial charge on any atom is 0.140 e. The molecule has 1 aromatic carbocycles. The number of fused-ring (bicyclic) bond motifs is 1. The van der Waals surface area contributed by atoms with Gasteiger partial charge in [-0.1, -0.05) is 34.6 Å². The molecule has 0 atom stereocenters. The molecule has 0 aliphatic carbocycles. The quantitative estimate of drug-likeness (QED) is 0.880. The van der Waals surface area contributed by atoms with Crippen molar-refractivity contribution < 1.29 is 13.2 Å². The second-order valence-electron chi connectivity index (χ2n) is 6.94. The van der Waals surface area contributed by atoms with Crippen molar-refractivity contribution in [3.8, 4) is 0 Å². The molecule has 1 aromatic heterocycles. The summed E-state index contributed by atoms with van der Waals surface area (Å²) < 4.78 is 33.3. The van der Waals surface area contributed by atoms with E-state index in [-0.39, 0.29) is 11.0 Å². The Morgan fingerprint density at radius 3 is 2.43 bits per heavy atom. The van der Waals surface area contributed by atoms with E-state index in [0.29, 0.717) is 23.6 Å². The Morgan fingerprint density at radius 2 is 1.86 bits per heavy atom. The van der Waals surface area contributed by atoms with Gasteiger partial charge in [0.25, 0.3) is 0 Å². The first-order valence-corrected chi connectivity index (χ1v) is 7.31. The zero-order valence-electron chi connectivity index (χ0n) is 13.3. The van der Waals surface area contributed by atoms with Crippen molar-refractivity contribution in [2.75, 3.05) is 6.54 Å². The topological polar surface area (TPSA) is 25.2 Å². The Hall–Kier alpha value is -1.42.